The molecule has 25 heavy (non-hydrogen) atoms. The molecule has 7 heteroatoms. The number of aromatic nitrogens is 4. The fourth-order valence-corrected chi connectivity index (χ4v) is 3.19. The largest absolute Gasteiger partial charge is 0.480 e. The topological polar surface area (TPSA) is 80.9 Å². The molecule has 0 fully saturated rings. The summed E-state index contributed by atoms with van der Waals surface area (Å²) in [5.41, 5.74) is 2.06. The SMILES string of the molecule is CC(Sc1nnc(-c2cccnc2)n1CCc1ccccc1)C(=O)O. The average molecular weight is 354 g/mol. The zero-order valence-corrected chi connectivity index (χ0v) is 14.6. The van der Waals surface area contributed by atoms with Gasteiger partial charge in [0.1, 0.15) is 5.25 Å². The summed E-state index contributed by atoms with van der Waals surface area (Å²) in [6, 6.07) is 13.9. The number of aryl methyl sites for hydroxylation is 1. The monoisotopic (exact) mass is 354 g/mol. The van der Waals surface area contributed by atoms with Crippen molar-refractivity contribution in [3.63, 3.8) is 0 Å². The molecule has 1 aromatic carbocycles. The molecule has 0 saturated heterocycles. The van der Waals surface area contributed by atoms with Gasteiger partial charge in [0.15, 0.2) is 11.0 Å². The van der Waals surface area contributed by atoms with Crippen molar-refractivity contribution in [1.29, 1.82) is 0 Å². The number of benzene rings is 1. The van der Waals surface area contributed by atoms with Gasteiger partial charge < -0.3 is 9.67 Å². The second-order valence-corrected chi connectivity index (χ2v) is 6.84. The summed E-state index contributed by atoms with van der Waals surface area (Å²) < 4.78 is 1.97. The normalized spacial score (nSPS) is 12.0. The Kier molecular flexibility index (Phi) is 5.45. The molecule has 0 aliphatic heterocycles. The summed E-state index contributed by atoms with van der Waals surface area (Å²) in [7, 11) is 0. The Labute approximate surface area is 149 Å². The van der Waals surface area contributed by atoms with Crippen LogP contribution < -0.4 is 0 Å². The number of thioether (sulfide) groups is 1. The third-order valence-corrected chi connectivity index (χ3v) is 4.80. The Morgan fingerprint density at radius 1 is 1.20 bits per heavy atom. The molecule has 1 unspecified atom stereocenters. The fraction of sp³-hybridized carbons (Fsp3) is 0.222. The van der Waals surface area contributed by atoms with Gasteiger partial charge in [-0.05, 0) is 31.0 Å². The Balaban J connectivity index is 1.90. The van der Waals surface area contributed by atoms with Gasteiger partial charge in [-0.1, -0.05) is 42.1 Å². The molecule has 128 valence electrons. The molecule has 2 heterocycles. The maximum atomic E-state index is 11.2. The third-order valence-electron chi connectivity index (χ3n) is 3.73. The Morgan fingerprint density at radius 2 is 2.00 bits per heavy atom. The van der Waals surface area contributed by atoms with Crippen molar-refractivity contribution < 1.29 is 9.90 Å². The lowest BCUT2D eigenvalue weighted by atomic mass is 10.1. The van der Waals surface area contributed by atoms with E-state index < -0.39 is 11.2 Å². The first-order valence-corrected chi connectivity index (χ1v) is 8.80. The molecule has 0 bridgehead atoms. The highest BCUT2D eigenvalue weighted by Gasteiger charge is 2.20. The smallest absolute Gasteiger partial charge is 0.316 e. The molecular weight excluding hydrogens is 336 g/mol. The van der Waals surface area contributed by atoms with E-state index in [-0.39, 0.29) is 0 Å². The zero-order valence-electron chi connectivity index (χ0n) is 13.7. The number of hydrogen-bond acceptors (Lipinski definition) is 5. The lowest BCUT2D eigenvalue weighted by molar-refractivity contribution is -0.136. The molecular formula is C18H18N4O2S. The molecule has 3 rings (SSSR count). The highest BCUT2D eigenvalue weighted by Crippen LogP contribution is 2.27. The zero-order chi connectivity index (χ0) is 17.6. The molecule has 0 aliphatic rings. The van der Waals surface area contributed by atoms with Crippen molar-refractivity contribution in [3.05, 3.63) is 60.4 Å². The maximum absolute atomic E-state index is 11.2. The van der Waals surface area contributed by atoms with Crippen molar-refractivity contribution in [2.45, 2.75) is 30.3 Å². The van der Waals surface area contributed by atoms with Gasteiger partial charge in [0.05, 0.1) is 0 Å². The van der Waals surface area contributed by atoms with Crippen LogP contribution in [0.25, 0.3) is 11.4 Å². The predicted octanol–water partition coefficient (Wildman–Crippen LogP) is 3.15. The van der Waals surface area contributed by atoms with Crippen LogP contribution in [0.1, 0.15) is 12.5 Å². The van der Waals surface area contributed by atoms with Gasteiger partial charge in [0.2, 0.25) is 0 Å². The van der Waals surface area contributed by atoms with Crippen molar-refractivity contribution in [2.75, 3.05) is 0 Å². The van der Waals surface area contributed by atoms with Crippen molar-refractivity contribution >= 4 is 17.7 Å². The van der Waals surface area contributed by atoms with E-state index >= 15 is 0 Å². The van der Waals surface area contributed by atoms with E-state index in [1.54, 1.807) is 19.3 Å². The van der Waals surface area contributed by atoms with Crippen LogP contribution >= 0.6 is 11.8 Å². The van der Waals surface area contributed by atoms with Crippen LogP contribution in [-0.2, 0) is 17.8 Å². The Morgan fingerprint density at radius 3 is 2.68 bits per heavy atom. The predicted molar refractivity (Wildman–Crippen MR) is 96.4 cm³/mol. The van der Waals surface area contributed by atoms with E-state index in [9.17, 15) is 9.90 Å². The standard InChI is InChI=1S/C18H18N4O2S/c1-13(17(23)24)25-18-21-20-16(15-8-5-10-19-12-15)22(18)11-9-14-6-3-2-4-7-14/h2-8,10,12-13H,9,11H2,1H3,(H,23,24). The molecule has 0 saturated carbocycles. The van der Waals surface area contributed by atoms with Crippen LogP contribution in [0.4, 0.5) is 0 Å². The molecule has 2 aromatic heterocycles. The fourth-order valence-electron chi connectivity index (χ4n) is 2.38. The molecule has 0 aliphatic carbocycles. The number of aliphatic carboxylic acids is 1. The van der Waals surface area contributed by atoms with Crippen LogP contribution in [-0.4, -0.2) is 36.1 Å². The summed E-state index contributed by atoms with van der Waals surface area (Å²) >= 11 is 1.20. The van der Waals surface area contributed by atoms with Gasteiger partial charge in [0.25, 0.3) is 0 Å². The third kappa shape index (κ3) is 4.24. The summed E-state index contributed by atoms with van der Waals surface area (Å²) in [6.07, 6.45) is 4.25. The van der Waals surface area contributed by atoms with Gasteiger partial charge in [-0.25, -0.2) is 0 Å². The quantitative estimate of drug-likeness (QED) is 0.657. The van der Waals surface area contributed by atoms with Gasteiger partial charge >= 0.3 is 5.97 Å². The van der Waals surface area contributed by atoms with Gasteiger partial charge in [-0.3, -0.25) is 9.78 Å². The summed E-state index contributed by atoms with van der Waals surface area (Å²) in [6.45, 7) is 2.31. The van der Waals surface area contributed by atoms with E-state index in [0.717, 1.165) is 12.0 Å². The first-order chi connectivity index (χ1) is 12.1. The van der Waals surface area contributed by atoms with Crippen molar-refractivity contribution in [3.8, 4) is 11.4 Å². The second-order valence-electron chi connectivity index (χ2n) is 5.53. The average Bonchev–Trinajstić information content (AvgIpc) is 3.04. The summed E-state index contributed by atoms with van der Waals surface area (Å²) in [5, 5.41) is 17.7. The van der Waals surface area contributed by atoms with E-state index in [0.29, 0.717) is 17.5 Å². The van der Waals surface area contributed by atoms with E-state index in [1.165, 1.54) is 17.3 Å². The van der Waals surface area contributed by atoms with Crippen LogP contribution in [0.5, 0.6) is 0 Å². The highest BCUT2D eigenvalue weighted by atomic mass is 32.2. The molecule has 0 amide bonds. The maximum Gasteiger partial charge on any atom is 0.316 e. The minimum absolute atomic E-state index is 0.596. The number of nitrogens with zero attached hydrogens (tertiary/aromatic N) is 4. The number of hydrogen-bond donors (Lipinski definition) is 1. The molecule has 0 spiro atoms. The number of pyridine rings is 1. The first-order valence-electron chi connectivity index (χ1n) is 7.92. The van der Waals surface area contributed by atoms with E-state index in [4.69, 9.17) is 0 Å². The summed E-state index contributed by atoms with van der Waals surface area (Å²) in [5.74, 6) is -0.172. The molecule has 1 atom stereocenters. The van der Waals surface area contributed by atoms with Crippen molar-refractivity contribution in [2.24, 2.45) is 0 Å². The Hall–Kier alpha value is -2.67. The molecule has 1 N–H and O–H groups in total. The minimum atomic E-state index is -0.870. The summed E-state index contributed by atoms with van der Waals surface area (Å²) in [4.78, 5) is 15.3. The molecule has 6 nitrogen and oxygen atoms in total. The van der Waals surface area contributed by atoms with Gasteiger partial charge in [-0.15, -0.1) is 10.2 Å². The number of carbonyl (C=O) groups is 1. The number of carboxylic acid groups (broad SMARTS) is 1. The first kappa shape index (κ1) is 17.2. The highest BCUT2D eigenvalue weighted by molar-refractivity contribution is 8.00. The van der Waals surface area contributed by atoms with E-state index in [2.05, 4.69) is 27.3 Å². The van der Waals surface area contributed by atoms with Crippen LogP contribution in [0, 0.1) is 0 Å². The van der Waals surface area contributed by atoms with Crippen LogP contribution in [0.2, 0.25) is 0 Å². The van der Waals surface area contributed by atoms with Crippen LogP contribution in [0.3, 0.4) is 0 Å². The van der Waals surface area contributed by atoms with Gasteiger partial charge in [0, 0.05) is 24.5 Å². The lowest BCUT2D eigenvalue weighted by Crippen LogP contribution is -2.13. The van der Waals surface area contributed by atoms with E-state index in [1.807, 2.05) is 34.9 Å². The number of carboxylic acids is 1. The minimum Gasteiger partial charge on any atom is -0.480 e. The lowest BCUT2D eigenvalue weighted by Gasteiger charge is -2.11. The van der Waals surface area contributed by atoms with Crippen molar-refractivity contribution in [1.82, 2.24) is 19.7 Å². The number of rotatable bonds is 7. The van der Waals surface area contributed by atoms with Crippen LogP contribution in [0.15, 0.2) is 60.0 Å². The molecule has 3 aromatic rings. The van der Waals surface area contributed by atoms with Gasteiger partial charge in [-0.2, -0.15) is 0 Å². The Bertz CT molecular complexity index is 837. The second kappa shape index (κ2) is 7.94. The molecule has 0 radical (unpaired) electrons.